The van der Waals surface area contributed by atoms with E-state index in [9.17, 15) is 0 Å². The molecular formula is C40H48O8. The van der Waals surface area contributed by atoms with Crippen LogP contribution >= 0.6 is 0 Å². The molecular weight excluding hydrogens is 608 g/mol. The van der Waals surface area contributed by atoms with Crippen molar-refractivity contribution >= 4 is 21.5 Å². The number of hydrogen-bond donors (Lipinski definition) is 0. The Hall–Kier alpha value is -3.56. The Balaban J connectivity index is 0.000000154. The van der Waals surface area contributed by atoms with Crippen molar-refractivity contribution in [2.24, 2.45) is 22.7 Å². The van der Waals surface area contributed by atoms with Crippen molar-refractivity contribution in [3.05, 3.63) is 72.8 Å². The summed E-state index contributed by atoms with van der Waals surface area (Å²) in [6, 6.07) is 24.9. The van der Waals surface area contributed by atoms with Crippen LogP contribution in [0.5, 0.6) is 23.0 Å². The summed E-state index contributed by atoms with van der Waals surface area (Å²) in [6.45, 7) is 13.8. The molecule has 0 atom stereocenters. The summed E-state index contributed by atoms with van der Waals surface area (Å²) in [5.41, 5.74) is 0.387. The predicted octanol–water partition coefficient (Wildman–Crippen LogP) is 7.34. The van der Waals surface area contributed by atoms with Crippen LogP contribution in [0.2, 0.25) is 0 Å². The van der Waals surface area contributed by atoms with E-state index in [1.807, 2.05) is 24.3 Å². The molecule has 4 aliphatic heterocycles. The highest BCUT2D eigenvalue weighted by atomic mass is 16.5. The Morgan fingerprint density at radius 1 is 0.479 bits per heavy atom. The third-order valence-corrected chi connectivity index (χ3v) is 10.2. The minimum absolute atomic E-state index is 0.194. The van der Waals surface area contributed by atoms with Crippen molar-refractivity contribution in [2.75, 3.05) is 79.3 Å². The molecule has 0 spiro atoms. The molecule has 0 radical (unpaired) electrons. The smallest absolute Gasteiger partial charge is 0.119 e. The van der Waals surface area contributed by atoms with Gasteiger partial charge in [0.15, 0.2) is 0 Å². The summed E-state index contributed by atoms with van der Waals surface area (Å²) < 4.78 is 44.9. The molecule has 256 valence electrons. The Morgan fingerprint density at radius 2 is 0.833 bits per heavy atom. The molecule has 4 fully saturated rings. The van der Waals surface area contributed by atoms with Crippen LogP contribution in [0.3, 0.4) is 0 Å². The van der Waals surface area contributed by atoms with E-state index in [-0.39, 0.29) is 10.8 Å². The SMILES string of the molecule is CCC1(COc2ccc3ccc(OCC4(CC)COC4)cc3c2)COC1.c1cc2ccc(OCC3COC3)cc2cc1OCC1COC1. The Labute approximate surface area is 283 Å². The fourth-order valence-electron chi connectivity index (χ4n) is 5.99. The van der Waals surface area contributed by atoms with Crippen molar-refractivity contribution in [3.63, 3.8) is 0 Å². The van der Waals surface area contributed by atoms with E-state index in [0.717, 1.165) is 113 Å². The maximum atomic E-state index is 6.07. The van der Waals surface area contributed by atoms with Crippen LogP contribution in [0.15, 0.2) is 72.8 Å². The first-order valence-corrected chi connectivity index (χ1v) is 17.4. The van der Waals surface area contributed by atoms with E-state index in [1.165, 1.54) is 10.8 Å². The molecule has 8 rings (SSSR count). The number of fused-ring (bicyclic) bond motifs is 2. The topological polar surface area (TPSA) is 73.8 Å². The molecule has 8 heteroatoms. The van der Waals surface area contributed by atoms with Gasteiger partial charge in [-0.2, -0.15) is 0 Å². The largest absolute Gasteiger partial charge is 0.493 e. The van der Waals surface area contributed by atoms with Gasteiger partial charge in [0.25, 0.3) is 0 Å². The lowest BCUT2D eigenvalue weighted by Gasteiger charge is -2.40. The molecule has 4 aliphatic rings. The third kappa shape index (κ3) is 7.84. The predicted molar refractivity (Wildman–Crippen MR) is 186 cm³/mol. The molecule has 4 heterocycles. The van der Waals surface area contributed by atoms with Gasteiger partial charge >= 0.3 is 0 Å². The van der Waals surface area contributed by atoms with E-state index in [4.69, 9.17) is 37.9 Å². The van der Waals surface area contributed by atoms with Gasteiger partial charge in [-0.3, -0.25) is 0 Å². The molecule has 0 N–H and O–H groups in total. The summed E-state index contributed by atoms with van der Waals surface area (Å²) in [5.74, 6) is 4.71. The second-order valence-corrected chi connectivity index (χ2v) is 14.0. The highest BCUT2D eigenvalue weighted by Crippen LogP contribution is 2.35. The average Bonchev–Trinajstić information content (AvgIpc) is 3.03. The molecule has 0 bridgehead atoms. The van der Waals surface area contributed by atoms with Gasteiger partial charge in [0.2, 0.25) is 0 Å². The third-order valence-electron chi connectivity index (χ3n) is 10.2. The Kier molecular flexibility index (Phi) is 10.2. The van der Waals surface area contributed by atoms with E-state index in [0.29, 0.717) is 25.0 Å². The van der Waals surface area contributed by atoms with Gasteiger partial charge in [-0.15, -0.1) is 0 Å². The van der Waals surface area contributed by atoms with Crippen LogP contribution in [0.1, 0.15) is 26.7 Å². The highest BCUT2D eigenvalue weighted by molar-refractivity contribution is 5.86. The molecule has 8 nitrogen and oxygen atoms in total. The number of rotatable bonds is 14. The van der Waals surface area contributed by atoms with Gasteiger partial charge in [-0.25, -0.2) is 0 Å². The van der Waals surface area contributed by atoms with Gasteiger partial charge in [-0.1, -0.05) is 38.1 Å². The van der Waals surface area contributed by atoms with Crippen LogP contribution in [0.4, 0.5) is 0 Å². The van der Waals surface area contributed by atoms with Crippen LogP contribution in [0.25, 0.3) is 21.5 Å². The highest BCUT2D eigenvalue weighted by Gasteiger charge is 2.38. The van der Waals surface area contributed by atoms with E-state index in [1.54, 1.807) is 0 Å². The lowest BCUT2D eigenvalue weighted by molar-refractivity contribution is -0.133. The van der Waals surface area contributed by atoms with Crippen molar-refractivity contribution in [2.45, 2.75) is 26.7 Å². The molecule has 0 unspecified atom stereocenters. The van der Waals surface area contributed by atoms with Crippen LogP contribution < -0.4 is 18.9 Å². The maximum Gasteiger partial charge on any atom is 0.119 e. The average molecular weight is 657 g/mol. The van der Waals surface area contributed by atoms with Crippen molar-refractivity contribution < 1.29 is 37.9 Å². The Morgan fingerprint density at radius 3 is 1.10 bits per heavy atom. The zero-order chi connectivity index (χ0) is 32.8. The lowest BCUT2D eigenvalue weighted by Crippen LogP contribution is -2.46. The summed E-state index contributed by atoms with van der Waals surface area (Å²) in [7, 11) is 0. The first-order valence-electron chi connectivity index (χ1n) is 17.4. The second kappa shape index (κ2) is 14.9. The number of hydrogen-bond acceptors (Lipinski definition) is 8. The fourth-order valence-corrected chi connectivity index (χ4v) is 5.99. The zero-order valence-electron chi connectivity index (χ0n) is 28.2. The molecule has 4 aromatic carbocycles. The van der Waals surface area contributed by atoms with Crippen LogP contribution in [-0.2, 0) is 18.9 Å². The quantitative estimate of drug-likeness (QED) is 0.140. The van der Waals surface area contributed by atoms with E-state index in [2.05, 4.69) is 62.4 Å². The van der Waals surface area contributed by atoms with E-state index < -0.39 is 0 Å². The standard InChI is InChI=1S/C22H28O4.C18H20O4/c1-3-21(11-23-12-21)15-25-19-7-5-17-6-8-20(10-18(17)9-19)26-16-22(4-2)13-24-14-22;1-3-17(21-11-13-7-19-8-13)5-16-6-18(4-2-15(1)16)22-12-14-9-20-10-14/h5-10H,3-4,11-16H2,1-2H3;1-6,13-14H,7-12H2. The first-order chi connectivity index (χ1) is 23.5. The monoisotopic (exact) mass is 656 g/mol. The van der Waals surface area contributed by atoms with Crippen molar-refractivity contribution in [1.82, 2.24) is 0 Å². The molecule has 0 aliphatic carbocycles. The van der Waals surface area contributed by atoms with Gasteiger partial charge in [0, 0.05) is 11.8 Å². The fraction of sp³-hybridized carbons (Fsp3) is 0.500. The molecule has 4 saturated heterocycles. The maximum absolute atomic E-state index is 6.07. The minimum atomic E-state index is 0.194. The molecule has 0 aromatic heterocycles. The summed E-state index contributed by atoms with van der Waals surface area (Å²) in [5, 5.41) is 4.67. The lowest BCUT2D eigenvalue weighted by atomic mass is 9.84. The minimum Gasteiger partial charge on any atom is -0.493 e. The van der Waals surface area contributed by atoms with Crippen molar-refractivity contribution in [3.8, 4) is 23.0 Å². The summed E-state index contributed by atoms with van der Waals surface area (Å²) in [6.07, 6.45) is 2.17. The summed E-state index contributed by atoms with van der Waals surface area (Å²) in [4.78, 5) is 0. The van der Waals surface area contributed by atoms with Crippen LogP contribution in [0, 0.1) is 22.7 Å². The van der Waals surface area contributed by atoms with Gasteiger partial charge in [0.05, 0.1) is 90.1 Å². The van der Waals surface area contributed by atoms with Gasteiger partial charge < -0.3 is 37.9 Å². The summed E-state index contributed by atoms with van der Waals surface area (Å²) >= 11 is 0. The zero-order valence-corrected chi connectivity index (χ0v) is 28.2. The molecule has 48 heavy (non-hydrogen) atoms. The second-order valence-electron chi connectivity index (χ2n) is 14.0. The normalized spacial score (nSPS) is 19.5. The number of ether oxygens (including phenoxy) is 8. The molecule has 0 amide bonds. The van der Waals surface area contributed by atoms with Gasteiger partial charge in [-0.05, 0) is 82.9 Å². The first kappa shape index (κ1) is 33.0. The van der Waals surface area contributed by atoms with Gasteiger partial charge in [0.1, 0.15) is 23.0 Å². The molecule has 0 saturated carbocycles. The number of benzene rings is 4. The van der Waals surface area contributed by atoms with Crippen LogP contribution in [-0.4, -0.2) is 79.3 Å². The Bertz CT molecular complexity index is 1530. The van der Waals surface area contributed by atoms with Crippen molar-refractivity contribution in [1.29, 1.82) is 0 Å². The van der Waals surface area contributed by atoms with E-state index >= 15 is 0 Å². The molecule has 4 aromatic rings.